The molecule has 0 aliphatic carbocycles. The Morgan fingerprint density at radius 1 is 1.10 bits per heavy atom. The zero-order valence-corrected chi connectivity index (χ0v) is 11.5. The van der Waals surface area contributed by atoms with Gasteiger partial charge in [0.05, 0.1) is 10.7 Å². The molecule has 0 aliphatic rings. The third-order valence-electron chi connectivity index (χ3n) is 3.03. The summed E-state index contributed by atoms with van der Waals surface area (Å²) in [6, 6.07) is 14.6. The standard InChI is InChI=1S/C16H13FN2S/c17-14-7-6-13(18)8-12(14)9-16-19-15(10-20-16)11-4-2-1-3-5-11/h1-8,10H,9,18H2. The highest BCUT2D eigenvalue weighted by atomic mass is 32.1. The minimum absolute atomic E-state index is 0.240. The molecule has 2 N–H and O–H groups in total. The summed E-state index contributed by atoms with van der Waals surface area (Å²) >= 11 is 1.54. The van der Waals surface area contributed by atoms with Crippen LogP contribution in [0.25, 0.3) is 11.3 Å². The number of aromatic nitrogens is 1. The van der Waals surface area contributed by atoms with E-state index in [1.54, 1.807) is 12.1 Å². The minimum Gasteiger partial charge on any atom is -0.399 e. The molecule has 20 heavy (non-hydrogen) atoms. The Hall–Kier alpha value is -2.20. The van der Waals surface area contributed by atoms with Crippen LogP contribution in [-0.2, 0) is 6.42 Å². The Balaban J connectivity index is 1.86. The molecule has 0 amide bonds. The molecule has 0 spiro atoms. The number of rotatable bonds is 3. The highest BCUT2D eigenvalue weighted by Crippen LogP contribution is 2.24. The van der Waals surface area contributed by atoms with Gasteiger partial charge in [-0.1, -0.05) is 30.3 Å². The van der Waals surface area contributed by atoms with Crippen molar-refractivity contribution in [3.63, 3.8) is 0 Å². The Bertz CT molecular complexity index is 722. The normalized spacial score (nSPS) is 10.7. The van der Waals surface area contributed by atoms with Gasteiger partial charge in [0, 0.05) is 23.1 Å². The van der Waals surface area contributed by atoms with Gasteiger partial charge in [0.15, 0.2) is 0 Å². The summed E-state index contributed by atoms with van der Waals surface area (Å²) < 4.78 is 13.7. The molecule has 2 aromatic carbocycles. The molecule has 0 fully saturated rings. The fourth-order valence-corrected chi connectivity index (χ4v) is 2.85. The lowest BCUT2D eigenvalue weighted by Gasteiger charge is -2.02. The van der Waals surface area contributed by atoms with Crippen molar-refractivity contribution in [2.45, 2.75) is 6.42 Å². The Morgan fingerprint density at radius 2 is 1.90 bits per heavy atom. The molecule has 3 aromatic rings. The summed E-state index contributed by atoms with van der Waals surface area (Å²) in [5.41, 5.74) is 8.84. The molecular weight excluding hydrogens is 271 g/mol. The van der Waals surface area contributed by atoms with Crippen LogP contribution in [0.2, 0.25) is 0 Å². The highest BCUT2D eigenvalue weighted by molar-refractivity contribution is 7.10. The van der Waals surface area contributed by atoms with E-state index in [4.69, 9.17) is 5.73 Å². The first-order valence-electron chi connectivity index (χ1n) is 6.26. The van der Waals surface area contributed by atoms with Crippen LogP contribution in [0, 0.1) is 5.82 Å². The lowest BCUT2D eigenvalue weighted by molar-refractivity contribution is 0.614. The van der Waals surface area contributed by atoms with Crippen LogP contribution >= 0.6 is 11.3 Å². The summed E-state index contributed by atoms with van der Waals surface area (Å²) in [7, 11) is 0. The number of nitrogen functional groups attached to an aromatic ring is 1. The molecule has 1 aromatic heterocycles. The lowest BCUT2D eigenvalue weighted by Crippen LogP contribution is -1.95. The van der Waals surface area contributed by atoms with Gasteiger partial charge in [0.25, 0.3) is 0 Å². The number of nitrogens with zero attached hydrogens (tertiary/aromatic N) is 1. The molecular formula is C16H13FN2S. The van der Waals surface area contributed by atoms with Gasteiger partial charge in [-0.2, -0.15) is 0 Å². The topological polar surface area (TPSA) is 38.9 Å². The fourth-order valence-electron chi connectivity index (χ4n) is 2.03. The van der Waals surface area contributed by atoms with Crippen LogP contribution in [-0.4, -0.2) is 4.98 Å². The number of nitrogens with two attached hydrogens (primary N) is 1. The molecule has 0 bridgehead atoms. The van der Waals surface area contributed by atoms with Crippen LogP contribution in [0.5, 0.6) is 0 Å². The second kappa shape index (κ2) is 5.43. The third-order valence-corrected chi connectivity index (χ3v) is 3.88. The van der Waals surface area contributed by atoms with Crippen molar-refractivity contribution < 1.29 is 4.39 Å². The zero-order valence-electron chi connectivity index (χ0n) is 10.7. The van der Waals surface area contributed by atoms with Crippen LogP contribution in [0.15, 0.2) is 53.9 Å². The second-order valence-corrected chi connectivity index (χ2v) is 5.46. The lowest BCUT2D eigenvalue weighted by atomic mass is 10.1. The molecule has 4 heteroatoms. The quantitative estimate of drug-likeness (QED) is 0.735. The first-order chi connectivity index (χ1) is 9.72. The average Bonchev–Trinajstić information content (AvgIpc) is 2.92. The van der Waals surface area contributed by atoms with E-state index in [-0.39, 0.29) is 5.82 Å². The predicted octanol–water partition coefficient (Wildman–Crippen LogP) is 4.12. The van der Waals surface area contributed by atoms with E-state index in [9.17, 15) is 4.39 Å². The maximum atomic E-state index is 13.7. The first kappa shape index (κ1) is 12.8. The van der Waals surface area contributed by atoms with Crippen molar-refractivity contribution in [2.24, 2.45) is 0 Å². The van der Waals surface area contributed by atoms with Gasteiger partial charge in [0.2, 0.25) is 0 Å². The summed E-state index contributed by atoms with van der Waals surface area (Å²) in [6.07, 6.45) is 0.467. The van der Waals surface area contributed by atoms with E-state index in [0.29, 0.717) is 17.7 Å². The van der Waals surface area contributed by atoms with Gasteiger partial charge in [0.1, 0.15) is 5.82 Å². The number of halogens is 1. The third kappa shape index (κ3) is 2.70. The first-order valence-corrected chi connectivity index (χ1v) is 7.14. The number of hydrogen-bond acceptors (Lipinski definition) is 3. The smallest absolute Gasteiger partial charge is 0.126 e. The highest BCUT2D eigenvalue weighted by Gasteiger charge is 2.08. The molecule has 0 unspecified atom stereocenters. The van der Waals surface area contributed by atoms with Gasteiger partial charge >= 0.3 is 0 Å². The van der Waals surface area contributed by atoms with Gasteiger partial charge in [-0.05, 0) is 23.8 Å². The van der Waals surface area contributed by atoms with Crippen LogP contribution in [0.4, 0.5) is 10.1 Å². The van der Waals surface area contributed by atoms with Crippen LogP contribution in [0.1, 0.15) is 10.6 Å². The van der Waals surface area contributed by atoms with Gasteiger partial charge < -0.3 is 5.73 Å². The Kier molecular flexibility index (Phi) is 3.48. The number of hydrogen-bond donors (Lipinski definition) is 1. The Labute approximate surface area is 120 Å². The maximum absolute atomic E-state index is 13.7. The van der Waals surface area contributed by atoms with Gasteiger partial charge in [-0.25, -0.2) is 9.37 Å². The SMILES string of the molecule is Nc1ccc(F)c(Cc2nc(-c3ccccc3)cs2)c1. The molecule has 0 saturated heterocycles. The molecule has 100 valence electrons. The molecule has 0 saturated carbocycles. The number of thiazole rings is 1. The molecule has 0 aliphatic heterocycles. The van der Waals surface area contributed by atoms with Crippen LogP contribution in [0.3, 0.4) is 0 Å². The van der Waals surface area contributed by atoms with Crippen molar-refractivity contribution in [1.29, 1.82) is 0 Å². The van der Waals surface area contributed by atoms with E-state index < -0.39 is 0 Å². The van der Waals surface area contributed by atoms with Crippen molar-refractivity contribution in [3.05, 3.63) is 70.3 Å². The summed E-state index contributed by atoms with van der Waals surface area (Å²) in [5.74, 6) is -0.240. The summed E-state index contributed by atoms with van der Waals surface area (Å²) in [5, 5.41) is 2.88. The number of anilines is 1. The van der Waals surface area contributed by atoms with Crippen molar-refractivity contribution in [3.8, 4) is 11.3 Å². The van der Waals surface area contributed by atoms with E-state index >= 15 is 0 Å². The largest absolute Gasteiger partial charge is 0.399 e. The van der Waals surface area contributed by atoms with E-state index in [1.165, 1.54) is 17.4 Å². The molecule has 1 heterocycles. The van der Waals surface area contributed by atoms with Crippen LogP contribution < -0.4 is 5.73 Å². The van der Waals surface area contributed by atoms with Crippen molar-refractivity contribution in [1.82, 2.24) is 4.98 Å². The molecule has 0 atom stereocenters. The average molecular weight is 284 g/mol. The summed E-state index contributed by atoms with van der Waals surface area (Å²) in [4.78, 5) is 4.56. The zero-order chi connectivity index (χ0) is 13.9. The minimum atomic E-state index is -0.240. The van der Waals surface area contributed by atoms with E-state index in [2.05, 4.69) is 4.98 Å². The van der Waals surface area contributed by atoms with E-state index in [1.807, 2.05) is 35.7 Å². The predicted molar refractivity (Wildman–Crippen MR) is 81.2 cm³/mol. The number of benzene rings is 2. The second-order valence-electron chi connectivity index (χ2n) is 4.52. The van der Waals surface area contributed by atoms with Crippen molar-refractivity contribution >= 4 is 17.0 Å². The van der Waals surface area contributed by atoms with Gasteiger partial charge in [-0.3, -0.25) is 0 Å². The van der Waals surface area contributed by atoms with Crippen molar-refractivity contribution in [2.75, 3.05) is 5.73 Å². The summed E-state index contributed by atoms with van der Waals surface area (Å²) in [6.45, 7) is 0. The van der Waals surface area contributed by atoms with E-state index in [0.717, 1.165) is 16.3 Å². The molecule has 3 rings (SSSR count). The molecule has 0 radical (unpaired) electrons. The Morgan fingerprint density at radius 3 is 2.70 bits per heavy atom. The monoisotopic (exact) mass is 284 g/mol. The fraction of sp³-hybridized carbons (Fsp3) is 0.0625. The van der Waals surface area contributed by atoms with Gasteiger partial charge in [-0.15, -0.1) is 11.3 Å². The molecule has 2 nitrogen and oxygen atoms in total. The maximum Gasteiger partial charge on any atom is 0.126 e.